The summed E-state index contributed by atoms with van der Waals surface area (Å²) in [6, 6.07) is 6.58. The summed E-state index contributed by atoms with van der Waals surface area (Å²) in [6.07, 6.45) is 0. The molecule has 114 valence electrons. The van der Waals surface area contributed by atoms with E-state index in [1.165, 1.54) is 12.1 Å². The highest BCUT2D eigenvalue weighted by Gasteiger charge is 2.06. The Bertz CT molecular complexity index is 415. The van der Waals surface area contributed by atoms with Crippen LogP contribution in [0.25, 0.3) is 0 Å². The number of rotatable bonds is 6. The van der Waals surface area contributed by atoms with Crippen LogP contribution in [0.2, 0.25) is 0 Å². The average Bonchev–Trinajstić information content (AvgIpc) is 2.38. The molecule has 20 heavy (non-hydrogen) atoms. The van der Waals surface area contributed by atoms with Gasteiger partial charge in [-0.1, -0.05) is 12.1 Å². The Morgan fingerprint density at radius 2 is 2.20 bits per heavy atom. The topological polar surface area (TPSA) is 36.9 Å². The van der Waals surface area contributed by atoms with Crippen molar-refractivity contribution in [1.29, 1.82) is 0 Å². The molecule has 0 saturated heterocycles. The van der Waals surface area contributed by atoms with Gasteiger partial charge in [-0.15, -0.1) is 24.0 Å². The summed E-state index contributed by atoms with van der Waals surface area (Å²) in [7, 11) is 3.64. The first kappa shape index (κ1) is 19.1. The molecule has 0 amide bonds. The van der Waals surface area contributed by atoms with Gasteiger partial charge in [-0.2, -0.15) is 0 Å². The molecule has 0 atom stereocenters. The lowest BCUT2D eigenvalue weighted by molar-refractivity contribution is 0.152. The Morgan fingerprint density at radius 1 is 1.45 bits per heavy atom. The van der Waals surface area contributed by atoms with Gasteiger partial charge in [-0.3, -0.25) is 4.99 Å². The minimum absolute atomic E-state index is 0. The zero-order valence-corrected chi connectivity index (χ0v) is 14.6. The molecule has 1 aromatic carbocycles. The Morgan fingerprint density at radius 3 is 2.80 bits per heavy atom. The number of nitrogens with zero attached hydrogens (tertiary/aromatic N) is 2. The summed E-state index contributed by atoms with van der Waals surface area (Å²) < 4.78 is 18.4. The Balaban J connectivity index is 0.00000361. The van der Waals surface area contributed by atoms with Crippen molar-refractivity contribution in [3.05, 3.63) is 35.6 Å². The lowest BCUT2D eigenvalue weighted by atomic mass is 10.2. The zero-order valence-electron chi connectivity index (χ0n) is 12.2. The summed E-state index contributed by atoms with van der Waals surface area (Å²) in [5, 5.41) is 3.20. The van der Waals surface area contributed by atoms with Crippen LogP contribution < -0.4 is 5.32 Å². The van der Waals surface area contributed by atoms with Crippen molar-refractivity contribution in [3.8, 4) is 0 Å². The normalized spacial score (nSPS) is 10.9. The van der Waals surface area contributed by atoms with E-state index in [9.17, 15) is 4.39 Å². The third-order valence-electron chi connectivity index (χ3n) is 2.62. The molecule has 0 saturated carbocycles. The molecule has 0 radical (unpaired) electrons. The van der Waals surface area contributed by atoms with E-state index in [1.807, 2.05) is 24.9 Å². The lowest BCUT2D eigenvalue weighted by Crippen LogP contribution is -2.39. The summed E-state index contributed by atoms with van der Waals surface area (Å²) in [5.74, 6) is 0.550. The maximum atomic E-state index is 13.1. The van der Waals surface area contributed by atoms with E-state index in [2.05, 4.69) is 10.3 Å². The molecular weight excluding hydrogens is 372 g/mol. The molecule has 0 fully saturated rings. The molecule has 6 heteroatoms. The fraction of sp³-hybridized carbons (Fsp3) is 0.500. The Kier molecular flexibility index (Phi) is 10.4. The molecule has 0 aromatic heterocycles. The fourth-order valence-electron chi connectivity index (χ4n) is 1.75. The smallest absolute Gasteiger partial charge is 0.193 e. The highest BCUT2D eigenvalue weighted by molar-refractivity contribution is 14.0. The van der Waals surface area contributed by atoms with Crippen LogP contribution in [0.4, 0.5) is 4.39 Å². The lowest BCUT2D eigenvalue weighted by Gasteiger charge is -2.22. The van der Waals surface area contributed by atoms with Crippen molar-refractivity contribution in [2.24, 2.45) is 4.99 Å². The second-order valence-electron chi connectivity index (χ2n) is 4.16. The summed E-state index contributed by atoms with van der Waals surface area (Å²) in [6.45, 7) is 4.62. The fourth-order valence-corrected chi connectivity index (χ4v) is 1.75. The van der Waals surface area contributed by atoms with Crippen molar-refractivity contribution >= 4 is 29.9 Å². The number of nitrogens with one attached hydrogen (secondary N) is 1. The van der Waals surface area contributed by atoms with Crippen molar-refractivity contribution in [2.75, 3.05) is 33.9 Å². The number of hydrogen-bond acceptors (Lipinski definition) is 2. The highest BCUT2D eigenvalue weighted by atomic mass is 127. The third kappa shape index (κ3) is 7.04. The largest absolute Gasteiger partial charge is 0.380 e. The maximum absolute atomic E-state index is 13.1. The number of guanidine groups is 1. The van der Waals surface area contributed by atoms with E-state index in [0.717, 1.165) is 11.5 Å². The van der Waals surface area contributed by atoms with Crippen molar-refractivity contribution in [3.63, 3.8) is 0 Å². The Labute approximate surface area is 137 Å². The van der Waals surface area contributed by atoms with Gasteiger partial charge in [0.05, 0.1) is 6.61 Å². The van der Waals surface area contributed by atoms with Crippen LogP contribution in [0.5, 0.6) is 0 Å². The molecule has 1 rings (SSSR count). The summed E-state index contributed by atoms with van der Waals surface area (Å²) in [4.78, 5) is 6.13. The SMILES string of the molecule is CCOCCNC(=NC)N(C)Cc1cccc(F)c1.I. The van der Waals surface area contributed by atoms with Crippen molar-refractivity contribution < 1.29 is 9.13 Å². The van der Waals surface area contributed by atoms with E-state index in [0.29, 0.717) is 26.3 Å². The number of hydrogen-bond donors (Lipinski definition) is 1. The van der Waals surface area contributed by atoms with Gasteiger partial charge in [0, 0.05) is 33.8 Å². The van der Waals surface area contributed by atoms with Crippen LogP contribution in [0.1, 0.15) is 12.5 Å². The predicted molar refractivity (Wildman–Crippen MR) is 91.1 cm³/mol. The van der Waals surface area contributed by atoms with E-state index < -0.39 is 0 Å². The van der Waals surface area contributed by atoms with E-state index in [1.54, 1.807) is 13.1 Å². The van der Waals surface area contributed by atoms with Gasteiger partial charge in [0.2, 0.25) is 0 Å². The van der Waals surface area contributed by atoms with Crippen LogP contribution in [0.15, 0.2) is 29.3 Å². The third-order valence-corrected chi connectivity index (χ3v) is 2.62. The van der Waals surface area contributed by atoms with Crippen molar-refractivity contribution in [2.45, 2.75) is 13.5 Å². The molecule has 0 aliphatic carbocycles. The van der Waals surface area contributed by atoms with Gasteiger partial charge in [-0.05, 0) is 24.6 Å². The average molecular weight is 395 g/mol. The van der Waals surface area contributed by atoms with E-state index >= 15 is 0 Å². The maximum Gasteiger partial charge on any atom is 0.193 e. The molecule has 1 N–H and O–H groups in total. The molecule has 4 nitrogen and oxygen atoms in total. The second kappa shape index (κ2) is 10.8. The highest BCUT2D eigenvalue weighted by Crippen LogP contribution is 2.06. The molecule has 0 aliphatic heterocycles. The number of aliphatic imine (C=N–C) groups is 1. The summed E-state index contributed by atoms with van der Waals surface area (Å²) >= 11 is 0. The van der Waals surface area contributed by atoms with Gasteiger partial charge in [0.1, 0.15) is 5.82 Å². The van der Waals surface area contributed by atoms with Crippen molar-refractivity contribution in [1.82, 2.24) is 10.2 Å². The van der Waals surface area contributed by atoms with Crippen LogP contribution in [-0.2, 0) is 11.3 Å². The molecule has 0 heterocycles. The number of halogens is 2. The first-order chi connectivity index (χ1) is 9.17. The number of benzene rings is 1. The molecule has 0 aliphatic rings. The van der Waals surface area contributed by atoms with E-state index in [4.69, 9.17) is 4.74 Å². The molecule has 1 aromatic rings. The monoisotopic (exact) mass is 395 g/mol. The van der Waals surface area contributed by atoms with Gasteiger partial charge >= 0.3 is 0 Å². The molecule has 0 unspecified atom stereocenters. The van der Waals surface area contributed by atoms with Crippen LogP contribution >= 0.6 is 24.0 Å². The van der Waals surface area contributed by atoms with Gasteiger partial charge in [-0.25, -0.2) is 4.39 Å². The molecule has 0 spiro atoms. The van der Waals surface area contributed by atoms with E-state index in [-0.39, 0.29) is 29.8 Å². The van der Waals surface area contributed by atoms with Crippen LogP contribution in [0.3, 0.4) is 0 Å². The standard InChI is InChI=1S/C14H22FN3O.HI/c1-4-19-9-8-17-14(16-2)18(3)11-12-6-5-7-13(15)10-12;/h5-7,10H,4,8-9,11H2,1-3H3,(H,16,17);1H. The van der Waals surface area contributed by atoms with Gasteiger partial charge in [0.15, 0.2) is 5.96 Å². The zero-order chi connectivity index (χ0) is 14.1. The van der Waals surface area contributed by atoms with Crippen LogP contribution in [-0.4, -0.2) is 44.7 Å². The Hall–Kier alpha value is -0.890. The van der Waals surface area contributed by atoms with Gasteiger partial charge in [0.25, 0.3) is 0 Å². The minimum atomic E-state index is -0.217. The van der Waals surface area contributed by atoms with Gasteiger partial charge < -0.3 is 15.0 Å². The first-order valence-corrected chi connectivity index (χ1v) is 6.41. The quantitative estimate of drug-likeness (QED) is 0.348. The summed E-state index contributed by atoms with van der Waals surface area (Å²) in [5.41, 5.74) is 0.912. The molecule has 0 bridgehead atoms. The molecular formula is C14H23FIN3O. The minimum Gasteiger partial charge on any atom is -0.380 e. The second-order valence-corrected chi connectivity index (χ2v) is 4.16. The first-order valence-electron chi connectivity index (χ1n) is 6.41. The van der Waals surface area contributed by atoms with Crippen LogP contribution in [0, 0.1) is 5.82 Å². The number of ether oxygens (including phenoxy) is 1. The predicted octanol–water partition coefficient (Wildman–Crippen LogP) is 2.49.